The van der Waals surface area contributed by atoms with Crippen molar-refractivity contribution >= 4 is 57.0 Å². The van der Waals surface area contributed by atoms with Crippen LogP contribution in [0.2, 0.25) is 5.28 Å². The molecule has 42 heavy (non-hydrogen) atoms. The molecule has 2 fully saturated rings. The quantitative estimate of drug-likeness (QED) is 0.147. The van der Waals surface area contributed by atoms with E-state index >= 15 is 4.39 Å². The number of aliphatic hydroxyl groups is 1. The summed E-state index contributed by atoms with van der Waals surface area (Å²) in [4.78, 5) is 36.3. The third-order valence-corrected chi connectivity index (χ3v) is 9.34. The van der Waals surface area contributed by atoms with Crippen molar-refractivity contribution in [2.45, 2.75) is 49.5 Å². The third-order valence-electron chi connectivity index (χ3n) is 7.23. The maximum Gasteiger partial charge on any atom is 0.348 e. The highest BCUT2D eigenvalue weighted by atomic mass is 35.5. The van der Waals surface area contributed by atoms with Gasteiger partial charge in [-0.1, -0.05) is 12.1 Å². The van der Waals surface area contributed by atoms with Crippen LogP contribution in [0.5, 0.6) is 0 Å². The highest BCUT2D eigenvalue weighted by molar-refractivity contribution is 8.25. The Balaban J connectivity index is 1.33. The van der Waals surface area contributed by atoms with Crippen LogP contribution in [0, 0.1) is 0 Å². The number of carboxylic acid groups (broad SMARTS) is 2. The van der Waals surface area contributed by atoms with Gasteiger partial charge >= 0.3 is 11.9 Å². The van der Waals surface area contributed by atoms with Crippen LogP contribution in [0.3, 0.4) is 0 Å². The number of aromatic nitrogens is 4. The van der Waals surface area contributed by atoms with Crippen molar-refractivity contribution in [3.05, 3.63) is 41.4 Å². The molecule has 0 radical (unpaired) electrons. The highest BCUT2D eigenvalue weighted by Gasteiger charge is 2.52. The van der Waals surface area contributed by atoms with Crippen LogP contribution >= 0.6 is 22.4 Å². The van der Waals surface area contributed by atoms with Crippen LogP contribution in [-0.4, -0.2) is 98.8 Å². The Kier molecular flexibility index (Phi) is 8.18. The fraction of sp³-hybridized carbons (Fsp3) is 0.458. The number of hydrogen-bond donors (Lipinski definition) is 6. The average Bonchev–Trinajstić information content (AvgIpc) is 3.47. The van der Waals surface area contributed by atoms with Gasteiger partial charge in [0.2, 0.25) is 5.28 Å². The number of fused-ring (bicyclic) bond motifs is 1. The van der Waals surface area contributed by atoms with Crippen LogP contribution < -0.4 is 10.0 Å². The molecule has 2 aliphatic rings. The van der Waals surface area contributed by atoms with E-state index in [9.17, 15) is 34.0 Å². The molecule has 228 valence electrons. The highest BCUT2D eigenvalue weighted by Crippen LogP contribution is 2.49. The average molecular weight is 631 g/mol. The molecule has 4 atom stereocenters. The van der Waals surface area contributed by atoms with Crippen LogP contribution in [0.15, 0.2) is 30.6 Å². The van der Waals surface area contributed by atoms with Gasteiger partial charge in [-0.15, -0.1) is 10.8 Å². The number of carboxylic acids is 2. The largest absolute Gasteiger partial charge is 0.479 e. The minimum Gasteiger partial charge on any atom is -0.479 e. The van der Waals surface area contributed by atoms with Crippen molar-refractivity contribution < 1.29 is 47.9 Å². The fourth-order valence-corrected chi connectivity index (χ4v) is 6.84. The Bertz CT molecular complexity index is 1480. The number of hydrogen-bond acceptors (Lipinski definition) is 12. The summed E-state index contributed by atoms with van der Waals surface area (Å²) in [5.74, 6) is -3.49. The first kappa shape index (κ1) is 30.1. The van der Waals surface area contributed by atoms with Crippen LogP contribution in [0.25, 0.3) is 11.2 Å². The van der Waals surface area contributed by atoms with E-state index < -0.39 is 66.0 Å². The summed E-state index contributed by atoms with van der Waals surface area (Å²) >= 11 is 5.86. The lowest BCUT2D eigenvalue weighted by atomic mass is 9.94. The maximum atomic E-state index is 15.2. The number of carbonyl (C=O) groups is 2. The molecule has 0 aliphatic carbocycles. The van der Waals surface area contributed by atoms with Crippen molar-refractivity contribution in [2.75, 3.05) is 28.9 Å². The molecule has 0 saturated carbocycles. The van der Waals surface area contributed by atoms with Gasteiger partial charge in [-0.3, -0.25) is 18.0 Å². The second kappa shape index (κ2) is 11.4. The molecule has 2 aromatic heterocycles. The van der Waals surface area contributed by atoms with Crippen LogP contribution in [0.1, 0.15) is 24.6 Å². The summed E-state index contributed by atoms with van der Waals surface area (Å²) in [6, 6.07) is 5.98. The third kappa shape index (κ3) is 5.44. The molecule has 0 unspecified atom stereocenters. The summed E-state index contributed by atoms with van der Waals surface area (Å²) < 4.78 is 49.6. The molecule has 0 bridgehead atoms. The molecule has 2 aliphatic heterocycles. The zero-order valence-corrected chi connectivity index (χ0v) is 23.4. The van der Waals surface area contributed by atoms with Crippen molar-refractivity contribution in [1.29, 1.82) is 0 Å². The summed E-state index contributed by atoms with van der Waals surface area (Å²) in [5, 5.41) is 30.2. The first-order chi connectivity index (χ1) is 19.8. The van der Waals surface area contributed by atoms with E-state index in [2.05, 4.69) is 15.0 Å². The van der Waals surface area contributed by atoms with Gasteiger partial charge in [-0.05, 0) is 42.1 Å². The smallest absolute Gasteiger partial charge is 0.348 e. The molecule has 5 rings (SSSR count). The Morgan fingerprint density at radius 3 is 2.52 bits per heavy atom. The van der Waals surface area contributed by atoms with Gasteiger partial charge in [-0.2, -0.15) is 9.97 Å². The summed E-state index contributed by atoms with van der Waals surface area (Å²) in [5.41, 5.74) is 3.83. The van der Waals surface area contributed by atoms with Gasteiger partial charge in [0.1, 0.15) is 17.7 Å². The fourth-order valence-electron chi connectivity index (χ4n) is 4.98. The number of ether oxygens (including phenoxy) is 2. The zero-order valence-electron chi connectivity index (χ0n) is 21.8. The Morgan fingerprint density at radius 1 is 1.19 bits per heavy atom. The number of aliphatic carboxylic acids is 2. The molecule has 3 aromatic rings. The van der Waals surface area contributed by atoms with E-state index in [4.69, 9.17) is 26.8 Å². The van der Waals surface area contributed by atoms with Crippen LogP contribution in [0.4, 0.5) is 15.9 Å². The minimum absolute atomic E-state index is 0.0218. The molecule has 4 heterocycles. The maximum absolute atomic E-state index is 15.2. The lowest BCUT2D eigenvalue weighted by molar-refractivity contribution is -0.190. The number of aliphatic hydroxyl groups excluding tert-OH is 1. The number of imidazole rings is 1. The number of anilines is 2. The topological polar surface area (TPSA) is 227 Å². The Labute approximate surface area is 244 Å². The van der Waals surface area contributed by atoms with Gasteiger partial charge in [0, 0.05) is 13.0 Å². The molecular formula is C24H28ClFN6O9S. The molecule has 7 N–H and O–H groups in total. The summed E-state index contributed by atoms with van der Waals surface area (Å²) in [7, 11) is -2.99. The molecule has 2 saturated heterocycles. The zero-order chi connectivity index (χ0) is 30.4. The van der Waals surface area contributed by atoms with E-state index in [-0.39, 0.29) is 33.6 Å². The van der Waals surface area contributed by atoms with Gasteiger partial charge in [0.25, 0.3) is 5.60 Å². The van der Waals surface area contributed by atoms with Crippen molar-refractivity contribution in [1.82, 2.24) is 19.5 Å². The minimum atomic E-state index is -2.99. The predicted octanol–water partition coefficient (Wildman–Crippen LogP) is 2.09. The first-order valence-corrected chi connectivity index (χ1v) is 14.8. The van der Waals surface area contributed by atoms with E-state index in [1.54, 1.807) is 0 Å². The van der Waals surface area contributed by atoms with Crippen molar-refractivity contribution in [2.24, 2.45) is 0 Å². The SMILES string of the molecule is Nc1nc(Cl)nc2c1ncn2[C@@H]1O[C@H](COC(Cc2ccc(N3CCCCS3(O)O)cc2)(C(=O)O)C(=O)O)[C@@H](O)[C@@H]1F. The van der Waals surface area contributed by atoms with E-state index in [0.29, 0.717) is 18.7 Å². The number of rotatable bonds is 9. The molecule has 0 amide bonds. The van der Waals surface area contributed by atoms with Crippen LogP contribution in [-0.2, 0) is 25.5 Å². The number of alkyl halides is 1. The lowest BCUT2D eigenvalue weighted by Gasteiger charge is -2.47. The molecular weight excluding hydrogens is 603 g/mol. The van der Waals surface area contributed by atoms with Crippen molar-refractivity contribution in [3.8, 4) is 0 Å². The predicted molar refractivity (Wildman–Crippen MR) is 148 cm³/mol. The number of nitrogens with two attached hydrogens (primary N) is 1. The Morgan fingerprint density at radius 2 is 1.88 bits per heavy atom. The second-order valence-corrected chi connectivity index (χ2v) is 12.4. The van der Waals surface area contributed by atoms with Gasteiger partial charge in [0.15, 0.2) is 23.9 Å². The van der Waals surface area contributed by atoms with Gasteiger partial charge in [-0.25, -0.2) is 19.0 Å². The van der Waals surface area contributed by atoms with Gasteiger partial charge < -0.3 is 30.5 Å². The molecule has 0 spiro atoms. The Hall–Kier alpha value is -3.32. The number of halogens is 2. The van der Waals surface area contributed by atoms with E-state index in [0.717, 1.165) is 17.3 Å². The van der Waals surface area contributed by atoms with Crippen molar-refractivity contribution in [3.63, 3.8) is 0 Å². The second-order valence-electron chi connectivity index (χ2n) is 9.94. The van der Waals surface area contributed by atoms with Gasteiger partial charge in [0.05, 0.1) is 24.4 Å². The van der Waals surface area contributed by atoms with E-state index in [1.807, 2.05) is 0 Å². The number of nitrogens with zero attached hydrogens (tertiary/aromatic N) is 5. The summed E-state index contributed by atoms with van der Waals surface area (Å²) in [6.07, 6.45) is -4.91. The monoisotopic (exact) mass is 630 g/mol. The summed E-state index contributed by atoms with van der Waals surface area (Å²) in [6.45, 7) is -0.380. The normalized spacial score (nSPS) is 25.0. The lowest BCUT2D eigenvalue weighted by Crippen LogP contribution is -2.52. The molecule has 15 nitrogen and oxygen atoms in total. The standard InChI is InChI=1S/C24H28ClFN6O9S/c25-23-29-18(27)16-19(30-23)31(11-28-16)20-15(26)17(33)14(41-20)10-40-24(21(34)35,22(36)37)9-12-3-5-13(6-4-12)32-7-1-2-8-42(32,38)39/h3-6,11,14-15,17,20,33,38-39H,1-2,7-10H2,(H,34,35)(H,36,37)(H2,27,29,30)/t14-,15+,17-,20-/m1/s1. The molecule has 18 heteroatoms. The molecule has 1 aromatic carbocycles. The first-order valence-electron chi connectivity index (χ1n) is 12.7. The van der Waals surface area contributed by atoms with E-state index in [1.165, 1.54) is 28.6 Å². The number of benzene rings is 1. The number of nitrogen functional groups attached to an aromatic ring is 1.